The average Bonchev–Trinajstić information content (AvgIpc) is 2.69. The second kappa shape index (κ2) is 4.63. The van der Waals surface area contributed by atoms with Gasteiger partial charge in [0.05, 0.1) is 4.92 Å². The molecule has 2 atom stereocenters. The first-order valence-corrected chi connectivity index (χ1v) is 5.76. The molecule has 0 aliphatic carbocycles. The third kappa shape index (κ3) is 1.89. The molecule has 94 valence electrons. The van der Waals surface area contributed by atoms with E-state index in [0.717, 1.165) is 6.42 Å². The largest absolute Gasteiger partial charge is 0.362 e. The number of nitro groups is 1. The van der Waals surface area contributed by atoms with Gasteiger partial charge < -0.3 is 10.6 Å². The van der Waals surface area contributed by atoms with Crippen molar-refractivity contribution in [2.24, 2.45) is 5.73 Å². The number of benzene rings is 1. The fourth-order valence-electron chi connectivity index (χ4n) is 2.35. The Kier molecular flexibility index (Phi) is 3.17. The topological polar surface area (TPSA) is 96.2 Å². The van der Waals surface area contributed by atoms with Crippen LogP contribution < -0.4 is 10.6 Å². The molecule has 0 spiro atoms. The maximum Gasteiger partial charge on any atom is 0.310 e. The van der Waals surface area contributed by atoms with Crippen LogP contribution in [0, 0.1) is 21.4 Å². The number of nitrogens with two attached hydrogens (primary N) is 1. The van der Waals surface area contributed by atoms with Gasteiger partial charge in [0.2, 0.25) is 0 Å². The number of nitro benzene ring substituents is 1. The molecule has 0 amide bonds. The maximum atomic E-state index is 11.1. The Balaban J connectivity index is 2.52. The molecule has 0 aromatic heterocycles. The molecule has 0 saturated carbocycles. The Bertz CT molecular complexity index is 523. The summed E-state index contributed by atoms with van der Waals surface area (Å²) in [5.74, 6) is 0. The van der Waals surface area contributed by atoms with Crippen LogP contribution in [0.15, 0.2) is 18.2 Å². The first-order valence-electron chi connectivity index (χ1n) is 5.76. The molecule has 1 saturated heterocycles. The molecule has 1 aliphatic heterocycles. The van der Waals surface area contributed by atoms with E-state index in [1.54, 1.807) is 12.1 Å². The highest BCUT2D eigenvalue weighted by atomic mass is 16.6. The lowest BCUT2D eigenvalue weighted by atomic mass is 10.1. The van der Waals surface area contributed by atoms with Crippen molar-refractivity contribution in [3.8, 4) is 6.07 Å². The van der Waals surface area contributed by atoms with Crippen LogP contribution in [0.5, 0.6) is 0 Å². The molecule has 1 aromatic rings. The van der Waals surface area contributed by atoms with E-state index < -0.39 is 4.92 Å². The van der Waals surface area contributed by atoms with Gasteiger partial charge in [-0.15, -0.1) is 0 Å². The molecular weight excluding hydrogens is 232 g/mol. The van der Waals surface area contributed by atoms with Crippen molar-refractivity contribution in [2.45, 2.75) is 25.4 Å². The smallest absolute Gasteiger partial charge is 0.310 e. The SMILES string of the molecule is CC1C(N)CCN1c1cccc(C#N)c1[N+](=O)[O-]. The Morgan fingerprint density at radius 3 is 2.83 bits per heavy atom. The standard InChI is InChI=1S/C12H14N4O2/c1-8-10(14)5-6-15(8)11-4-2-3-9(7-13)12(11)16(17)18/h2-4,8,10H,5-6,14H2,1H3. The summed E-state index contributed by atoms with van der Waals surface area (Å²) in [6.45, 7) is 2.62. The van der Waals surface area contributed by atoms with Crippen molar-refractivity contribution in [2.75, 3.05) is 11.4 Å². The van der Waals surface area contributed by atoms with E-state index in [-0.39, 0.29) is 23.3 Å². The minimum absolute atomic E-state index is 0.00958. The maximum absolute atomic E-state index is 11.1. The predicted octanol–water partition coefficient (Wildman–Crippen LogP) is 1.39. The van der Waals surface area contributed by atoms with Crippen molar-refractivity contribution < 1.29 is 4.92 Å². The number of para-hydroxylation sites is 1. The molecule has 1 aromatic carbocycles. The van der Waals surface area contributed by atoms with Crippen molar-refractivity contribution in [1.82, 2.24) is 0 Å². The minimum atomic E-state index is -0.496. The molecule has 1 aliphatic rings. The second-order valence-electron chi connectivity index (χ2n) is 4.43. The fourth-order valence-corrected chi connectivity index (χ4v) is 2.35. The Hall–Kier alpha value is -2.13. The van der Waals surface area contributed by atoms with Crippen molar-refractivity contribution >= 4 is 11.4 Å². The van der Waals surface area contributed by atoms with E-state index in [4.69, 9.17) is 11.0 Å². The highest BCUT2D eigenvalue weighted by molar-refractivity contribution is 5.70. The van der Waals surface area contributed by atoms with E-state index >= 15 is 0 Å². The zero-order valence-corrected chi connectivity index (χ0v) is 10.0. The van der Waals surface area contributed by atoms with Gasteiger partial charge in [-0.25, -0.2) is 0 Å². The molecule has 1 heterocycles. The summed E-state index contributed by atoms with van der Waals surface area (Å²) >= 11 is 0. The summed E-state index contributed by atoms with van der Waals surface area (Å²) in [6.07, 6.45) is 0.801. The molecule has 0 bridgehead atoms. The van der Waals surface area contributed by atoms with E-state index in [0.29, 0.717) is 12.2 Å². The molecule has 6 heteroatoms. The van der Waals surface area contributed by atoms with Crippen LogP contribution in [-0.4, -0.2) is 23.6 Å². The zero-order valence-electron chi connectivity index (χ0n) is 10.0. The van der Waals surface area contributed by atoms with E-state index in [1.165, 1.54) is 6.07 Å². The number of nitrogens with zero attached hydrogens (tertiary/aromatic N) is 3. The van der Waals surface area contributed by atoms with Gasteiger partial charge in [0.1, 0.15) is 17.3 Å². The third-order valence-electron chi connectivity index (χ3n) is 3.44. The van der Waals surface area contributed by atoms with Gasteiger partial charge >= 0.3 is 5.69 Å². The predicted molar refractivity (Wildman–Crippen MR) is 67.2 cm³/mol. The first kappa shape index (κ1) is 12.3. The van der Waals surface area contributed by atoms with Crippen molar-refractivity contribution in [1.29, 1.82) is 5.26 Å². The molecule has 18 heavy (non-hydrogen) atoms. The Morgan fingerprint density at radius 2 is 2.33 bits per heavy atom. The van der Waals surface area contributed by atoms with Gasteiger partial charge in [-0.2, -0.15) is 5.26 Å². The zero-order chi connectivity index (χ0) is 13.3. The first-order chi connectivity index (χ1) is 8.56. The van der Waals surface area contributed by atoms with Gasteiger partial charge in [0.25, 0.3) is 0 Å². The van der Waals surface area contributed by atoms with Gasteiger partial charge in [0.15, 0.2) is 0 Å². The molecule has 2 N–H and O–H groups in total. The summed E-state index contributed by atoms with van der Waals surface area (Å²) in [5, 5.41) is 20.1. The highest BCUT2D eigenvalue weighted by Crippen LogP contribution is 2.35. The molecular formula is C12H14N4O2. The van der Waals surface area contributed by atoms with Crippen LogP contribution in [0.25, 0.3) is 0 Å². The van der Waals surface area contributed by atoms with Crippen LogP contribution in [-0.2, 0) is 0 Å². The quantitative estimate of drug-likeness (QED) is 0.628. The van der Waals surface area contributed by atoms with Gasteiger partial charge in [-0.05, 0) is 25.5 Å². The normalized spacial score (nSPS) is 22.8. The monoisotopic (exact) mass is 246 g/mol. The highest BCUT2D eigenvalue weighted by Gasteiger charge is 2.33. The summed E-state index contributed by atoms with van der Waals surface area (Å²) in [6, 6.07) is 6.72. The number of nitriles is 1. The lowest BCUT2D eigenvalue weighted by molar-refractivity contribution is -0.384. The van der Waals surface area contributed by atoms with E-state index in [9.17, 15) is 10.1 Å². The minimum Gasteiger partial charge on any atom is -0.362 e. The van der Waals surface area contributed by atoms with Crippen molar-refractivity contribution in [3.05, 3.63) is 33.9 Å². The van der Waals surface area contributed by atoms with Gasteiger partial charge in [-0.3, -0.25) is 10.1 Å². The lowest BCUT2D eigenvalue weighted by Crippen LogP contribution is -2.37. The fraction of sp³-hybridized carbons (Fsp3) is 0.417. The number of anilines is 1. The molecule has 2 unspecified atom stereocenters. The number of rotatable bonds is 2. The average molecular weight is 246 g/mol. The Labute approximate surface area is 105 Å². The number of hydrogen-bond donors (Lipinski definition) is 1. The molecule has 1 fully saturated rings. The third-order valence-corrected chi connectivity index (χ3v) is 3.44. The van der Waals surface area contributed by atoms with E-state index in [2.05, 4.69) is 0 Å². The second-order valence-corrected chi connectivity index (χ2v) is 4.43. The van der Waals surface area contributed by atoms with Gasteiger partial charge in [0, 0.05) is 18.6 Å². The molecule has 2 rings (SSSR count). The summed E-state index contributed by atoms with van der Waals surface area (Å²) in [4.78, 5) is 12.6. The van der Waals surface area contributed by atoms with Crippen molar-refractivity contribution in [3.63, 3.8) is 0 Å². The van der Waals surface area contributed by atoms with Gasteiger partial charge in [-0.1, -0.05) is 6.07 Å². The van der Waals surface area contributed by atoms with Crippen LogP contribution in [0.3, 0.4) is 0 Å². The number of hydrogen-bond acceptors (Lipinski definition) is 5. The molecule has 6 nitrogen and oxygen atoms in total. The van der Waals surface area contributed by atoms with Crippen LogP contribution in [0.4, 0.5) is 11.4 Å². The summed E-state index contributed by atoms with van der Waals surface area (Å²) in [7, 11) is 0. The van der Waals surface area contributed by atoms with E-state index in [1.807, 2.05) is 17.9 Å². The Morgan fingerprint density at radius 1 is 1.61 bits per heavy atom. The summed E-state index contributed by atoms with van der Waals surface area (Å²) < 4.78 is 0. The molecule has 0 radical (unpaired) electrons. The van der Waals surface area contributed by atoms with Crippen LogP contribution in [0.2, 0.25) is 0 Å². The van der Waals surface area contributed by atoms with Crippen LogP contribution in [0.1, 0.15) is 18.9 Å². The lowest BCUT2D eigenvalue weighted by Gasteiger charge is -2.25. The van der Waals surface area contributed by atoms with Crippen LogP contribution >= 0.6 is 0 Å². The summed E-state index contributed by atoms with van der Waals surface area (Å²) in [5.41, 5.74) is 6.38.